The number of rotatable bonds is 6. The van der Waals surface area contributed by atoms with Crippen molar-refractivity contribution in [2.45, 2.75) is 37.5 Å². The number of aliphatic carboxylic acids is 1. The summed E-state index contributed by atoms with van der Waals surface area (Å²) in [5.41, 5.74) is 1.70. The van der Waals surface area contributed by atoms with Crippen molar-refractivity contribution in [1.29, 1.82) is 0 Å². The van der Waals surface area contributed by atoms with Gasteiger partial charge in [-0.1, -0.05) is 47.5 Å². The highest BCUT2D eigenvalue weighted by molar-refractivity contribution is 6.30. The first-order valence-electron chi connectivity index (χ1n) is 9.61. The van der Waals surface area contributed by atoms with Crippen LogP contribution in [0.4, 0.5) is 0 Å². The number of benzene rings is 2. The lowest BCUT2D eigenvalue weighted by Crippen LogP contribution is -2.52. The minimum Gasteiger partial charge on any atom is -0.481 e. The first-order chi connectivity index (χ1) is 13.9. The molecule has 0 aromatic heterocycles. The average Bonchev–Trinajstić information content (AvgIpc) is 3.49. The molecular formula is C22H21Cl2NO4. The maximum atomic E-state index is 13.2. The highest BCUT2D eigenvalue weighted by atomic mass is 35.5. The van der Waals surface area contributed by atoms with Gasteiger partial charge in [0.05, 0.1) is 12.5 Å². The second-order valence-electron chi connectivity index (χ2n) is 7.63. The Hall–Kier alpha value is -2.08. The summed E-state index contributed by atoms with van der Waals surface area (Å²) in [4.78, 5) is 26.4. The van der Waals surface area contributed by atoms with Gasteiger partial charge in [-0.3, -0.25) is 9.59 Å². The average molecular weight is 434 g/mol. The molecule has 1 saturated carbocycles. The van der Waals surface area contributed by atoms with Crippen molar-refractivity contribution in [3.8, 4) is 0 Å². The number of carbonyl (C=O) groups excluding carboxylic acids is 1. The van der Waals surface area contributed by atoms with Crippen molar-refractivity contribution in [2.24, 2.45) is 5.92 Å². The summed E-state index contributed by atoms with van der Waals surface area (Å²) in [5.74, 6) is -0.903. The Morgan fingerprint density at radius 3 is 2.41 bits per heavy atom. The summed E-state index contributed by atoms with van der Waals surface area (Å²) in [6, 6.07) is 14.3. The van der Waals surface area contributed by atoms with Gasteiger partial charge in [0.15, 0.2) is 0 Å². The van der Waals surface area contributed by atoms with E-state index in [4.69, 9.17) is 27.9 Å². The molecule has 0 radical (unpaired) electrons. The molecule has 1 amide bonds. The molecule has 4 rings (SSSR count). The molecule has 29 heavy (non-hydrogen) atoms. The molecule has 5 nitrogen and oxygen atoms in total. The Balaban J connectivity index is 1.78. The third kappa shape index (κ3) is 4.58. The molecule has 1 aliphatic heterocycles. The number of carboxylic acids is 1. The van der Waals surface area contributed by atoms with Crippen LogP contribution >= 0.6 is 23.2 Å². The molecular weight excluding hydrogens is 413 g/mol. The van der Waals surface area contributed by atoms with Crippen LogP contribution in [0.25, 0.3) is 0 Å². The van der Waals surface area contributed by atoms with Crippen molar-refractivity contribution in [3.63, 3.8) is 0 Å². The van der Waals surface area contributed by atoms with Crippen LogP contribution in [0, 0.1) is 5.92 Å². The molecule has 3 atom stereocenters. The smallest absolute Gasteiger partial charge is 0.306 e. The quantitative estimate of drug-likeness (QED) is 0.703. The van der Waals surface area contributed by atoms with E-state index >= 15 is 0 Å². The maximum Gasteiger partial charge on any atom is 0.306 e. The predicted molar refractivity (Wildman–Crippen MR) is 110 cm³/mol. The van der Waals surface area contributed by atoms with Crippen molar-refractivity contribution in [1.82, 2.24) is 4.90 Å². The van der Waals surface area contributed by atoms with Gasteiger partial charge in [-0.25, -0.2) is 0 Å². The number of hydrogen-bond acceptors (Lipinski definition) is 3. The number of hydrogen-bond donors (Lipinski definition) is 1. The summed E-state index contributed by atoms with van der Waals surface area (Å²) in [5, 5.41) is 10.5. The summed E-state index contributed by atoms with van der Waals surface area (Å²) in [6.45, 7) is 0.586. The van der Waals surface area contributed by atoms with Gasteiger partial charge >= 0.3 is 5.97 Å². The molecule has 7 heteroatoms. The van der Waals surface area contributed by atoms with E-state index in [1.54, 1.807) is 29.2 Å². The Labute approximate surface area is 179 Å². The van der Waals surface area contributed by atoms with Crippen LogP contribution in [-0.4, -0.2) is 34.5 Å². The van der Waals surface area contributed by atoms with Gasteiger partial charge in [0.25, 0.3) is 5.91 Å². The van der Waals surface area contributed by atoms with E-state index in [9.17, 15) is 14.7 Å². The van der Waals surface area contributed by atoms with Crippen molar-refractivity contribution in [2.75, 3.05) is 6.54 Å². The van der Waals surface area contributed by atoms with Crippen LogP contribution in [0.3, 0.4) is 0 Å². The molecule has 0 spiro atoms. The molecule has 2 aromatic carbocycles. The van der Waals surface area contributed by atoms with Crippen LogP contribution in [0.1, 0.15) is 42.5 Å². The monoisotopic (exact) mass is 433 g/mol. The summed E-state index contributed by atoms with van der Waals surface area (Å²) in [6.07, 6.45) is 0.214. The number of halogens is 2. The highest BCUT2D eigenvalue weighted by Crippen LogP contribution is 2.45. The molecule has 2 fully saturated rings. The van der Waals surface area contributed by atoms with Crippen LogP contribution in [0.2, 0.25) is 10.0 Å². The van der Waals surface area contributed by atoms with E-state index < -0.39 is 18.2 Å². The SMILES string of the molecule is O=C(O)C[C@H]1O[C@@H](c2cccc(Cl)c2)[C@@H](c2ccc(Cl)cc2)N(CC2CC2)C1=O. The number of carboxylic acid groups (broad SMARTS) is 1. The topological polar surface area (TPSA) is 66.8 Å². The fourth-order valence-electron chi connectivity index (χ4n) is 3.83. The number of nitrogens with zero attached hydrogens (tertiary/aromatic N) is 1. The first kappa shape index (κ1) is 20.2. The number of ether oxygens (including phenoxy) is 1. The predicted octanol–water partition coefficient (Wildman–Crippen LogP) is 4.89. The molecule has 1 aliphatic carbocycles. The molecule has 0 unspecified atom stereocenters. The molecule has 152 valence electrons. The molecule has 1 saturated heterocycles. The second kappa shape index (κ2) is 8.34. The van der Waals surface area contributed by atoms with Gasteiger partial charge in [-0.2, -0.15) is 0 Å². The molecule has 2 aliphatic rings. The number of morpholine rings is 1. The molecule has 0 bridgehead atoms. The van der Waals surface area contributed by atoms with Crippen molar-refractivity contribution < 1.29 is 19.4 Å². The third-order valence-electron chi connectivity index (χ3n) is 5.39. The Morgan fingerprint density at radius 2 is 1.79 bits per heavy atom. The van der Waals surface area contributed by atoms with E-state index in [2.05, 4.69) is 0 Å². The molecule has 1 N–H and O–H groups in total. The molecule has 1 heterocycles. The van der Waals surface area contributed by atoms with Gasteiger partial charge in [0, 0.05) is 16.6 Å². The first-order valence-corrected chi connectivity index (χ1v) is 10.4. The Kier molecular flexibility index (Phi) is 5.81. The van der Waals surface area contributed by atoms with E-state index in [1.165, 1.54) is 0 Å². The fourth-order valence-corrected chi connectivity index (χ4v) is 4.16. The minimum absolute atomic E-state index is 0.280. The van der Waals surface area contributed by atoms with E-state index in [-0.39, 0.29) is 18.4 Å². The second-order valence-corrected chi connectivity index (χ2v) is 8.50. The Bertz CT molecular complexity index is 913. The lowest BCUT2D eigenvalue weighted by Gasteiger charge is -2.45. The van der Waals surface area contributed by atoms with Crippen LogP contribution in [-0.2, 0) is 14.3 Å². The van der Waals surface area contributed by atoms with Gasteiger partial charge in [-0.05, 0) is 54.2 Å². The van der Waals surface area contributed by atoms with Gasteiger partial charge < -0.3 is 14.7 Å². The van der Waals surface area contributed by atoms with Crippen LogP contribution in [0.5, 0.6) is 0 Å². The lowest BCUT2D eigenvalue weighted by atomic mass is 9.91. The number of carbonyl (C=O) groups is 2. The highest BCUT2D eigenvalue weighted by Gasteiger charge is 2.46. The fraction of sp³-hybridized carbons (Fsp3) is 0.364. The van der Waals surface area contributed by atoms with Crippen LogP contribution < -0.4 is 0 Å². The number of amides is 1. The standard InChI is InChI=1S/C22H21Cl2NO4/c23-16-8-6-14(7-9-16)20-21(15-2-1-3-17(24)10-15)29-18(11-19(26)27)22(28)25(20)12-13-4-5-13/h1-3,6-10,13,18,20-21H,4-5,11-12H2,(H,26,27)/t18-,20-,21+/m1/s1. The van der Waals surface area contributed by atoms with Crippen LogP contribution in [0.15, 0.2) is 48.5 Å². The lowest BCUT2D eigenvalue weighted by molar-refractivity contribution is -0.179. The normalized spacial score (nSPS) is 24.6. The molecule has 2 aromatic rings. The zero-order valence-electron chi connectivity index (χ0n) is 15.6. The Morgan fingerprint density at radius 1 is 1.07 bits per heavy atom. The summed E-state index contributed by atoms with van der Waals surface area (Å²) >= 11 is 12.3. The van der Waals surface area contributed by atoms with Crippen molar-refractivity contribution in [3.05, 3.63) is 69.7 Å². The largest absolute Gasteiger partial charge is 0.481 e. The third-order valence-corrected chi connectivity index (χ3v) is 5.88. The van der Waals surface area contributed by atoms with Gasteiger partial charge in [0.2, 0.25) is 0 Å². The van der Waals surface area contributed by atoms with Gasteiger partial charge in [-0.15, -0.1) is 0 Å². The van der Waals surface area contributed by atoms with Crippen molar-refractivity contribution >= 4 is 35.1 Å². The zero-order chi connectivity index (χ0) is 20.5. The van der Waals surface area contributed by atoms with E-state index in [0.717, 1.165) is 24.0 Å². The summed E-state index contributed by atoms with van der Waals surface area (Å²) in [7, 11) is 0. The van der Waals surface area contributed by atoms with E-state index in [1.807, 2.05) is 24.3 Å². The summed E-state index contributed by atoms with van der Waals surface area (Å²) < 4.78 is 6.12. The van der Waals surface area contributed by atoms with E-state index in [0.29, 0.717) is 22.5 Å². The maximum absolute atomic E-state index is 13.2. The minimum atomic E-state index is -1.07. The zero-order valence-corrected chi connectivity index (χ0v) is 17.1. The van der Waals surface area contributed by atoms with Gasteiger partial charge in [0.1, 0.15) is 12.2 Å².